The molecule has 0 spiro atoms. The van der Waals surface area contributed by atoms with E-state index >= 15 is 0 Å². The van der Waals surface area contributed by atoms with Crippen LogP contribution in [0.4, 0.5) is 0 Å². The second kappa shape index (κ2) is 3.29. The van der Waals surface area contributed by atoms with Crippen LogP contribution in [0.3, 0.4) is 0 Å². The lowest BCUT2D eigenvalue weighted by molar-refractivity contribution is -0.0799. The van der Waals surface area contributed by atoms with Crippen LogP contribution < -0.4 is 0 Å². The van der Waals surface area contributed by atoms with E-state index in [1.165, 1.54) is 38.5 Å². The Morgan fingerprint density at radius 1 is 1.23 bits per heavy atom. The molecule has 0 aromatic rings. The summed E-state index contributed by atoms with van der Waals surface area (Å²) in [6.45, 7) is 7.28. The molecule has 0 aromatic carbocycles. The van der Waals surface area contributed by atoms with Crippen LogP contribution in [0.1, 0.15) is 59.3 Å². The fourth-order valence-electron chi connectivity index (χ4n) is 3.78. The average molecular weight is 180 g/mol. The molecule has 0 aromatic heterocycles. The highest BCUT2D eigenvalue weighted by atomic mass is 14.6. The molecule has 0 N–H and O–H groups in total. The molecule has 0 aliphatic heterocycles. The highest BCUT2D eigenvalue weighted by molar-refractivity contribution is 5.01. The lowest BCUT2D eigenvalue weighted by Crippen LogP contribution is -2.49. The highest BCUT2D eigenvalue weighted by Crippen LogP contribution is 2.61. The monoisotopic (exact) mass is 180 g/mol. The van der Waals surface area contributed by atoms with Crippen LogP contribution in [0.5, 0.6) is 0 Å². The minimum atomic E-state index is 0.791. The maximum absolute atomic E-state index is 2.45. The van der Waals surface area contributed by atoms with Crippen LogP contribution in [-0.2, 0) is 0 Å². The molecule has 2 atom stereocenters. The summed E-state index contributed by atoms with van der Waals surface area (Å²) in [6.07, 6.45) is 9.06. The Bertz CT molecular complexity index is 174. The Hall–Kier alpha value is 0. The molecule has 0 bridgehead atoms. The summed E-state index contributed by atoms with van der Waals surface area (Å²) in [5.41, 5.74) is 0.791. The molecule has 0 heteroatoms. The van der Waals surface area contributed by atoms with Gasteiger partial charge in [0.15, 0.2) is 0 Å². The number of hydrogen-bond donors (Lipinski definition) is 0. The quantitative estimate of drug-likeness (QED) is 0.609. The van der Waals surface area contributed by atoms with Gasteiger partial charge in [0.1, 0.15) is 0 Å². The van der Waals surface area contributed by atoms with Gasteiger partial charge in [-0.25, -0.2) is 0 Å². The van der Waals surface area contributed by atoms with Crippen LogP contribution in [0.15, 0.2) is 0 Å². The molecular formula is C13H24. The van der Waals surface area contributed by atoms with Gasteiger partial charge in [0.05, 0.1) is 0 Å². The summed E-state index contributed by atoms with van der Waals surface area (Å²) in [5, 5.41) is 0. The van der Waals surface area contributed by atoms with Crippen molar-refractivity contribution in [2.24, 2.45) is 23.2 Å². The summed E-state index contributed by atoms with van der Waals surface area (Å²) in [7, 11) is 0. The molecule has 76 valence electrons. The summed E-state index contributed by atoms with van der Waals surface area (Å²) >= 11 is 0. The predicted octanol–water partition coefficient (Wildman–Crippen LogP) is 4.25. The molecule has 0 amide bonds. The molecule has 0 radical (unpaired) electrons. The fourth-order valence-corrected chi connectivity index (χ4v) is 3.78. The molecule has 2 aliphatic carbocycles. The van der Waals surface area contributed by atoms with E-state index in [0.717, 1.165) is 23.2 Å². The van der Waals surface area contributed by atoms with Crippen molar-refractivity contribution in [2.75, 3.05) is 0 Å². The first kappa shape index (κ1) is 9.55. The van der Waals surface area contributed by atoms with Gasteiger partial charge >= 0.3 is 0 Å². The smallest absolute Gasteiger partial charge is 0.0243 e. The van der Waals surface area contributed by atoms with Crippen molar-refractivity contribution in [3.63, 3.8) is 0 Å². The zero-order chi connectivity index (χ0) is 9.47. The molecule has 0 heterocycles. The Morgan fingerprint density at radius 2 is 1.92 bits per heavy atom. The third kappa shape index (κ3) is 1.25. The maximum atomic E-state index is 2.45. The Balaban J connectivity index is 2.04. The molecular weight excluding hydrogens is 156 g/mol. The van der Waals surface area contributed by atoms with Gasteiger partial charge in [0, 0.05) is 0 Å². The number of hydrogen-bond acceptors (Lipinski definition) is 0. The van der Waals surface area contributed by atoms with Crippen LogP contribution in [0, 0.1) is 23.2 Å². The lowest BCUT2D eigenvalue weighted by Gasteiger charge is -2.58. The predicted molar refractivity (Wildman–Crippen MR) is 57.6 cm³/mol. The molecule has 2 rings (SSSR count). The van der Waals surface area contributed by atoms with E-state index in [0.29, 0.717) is 0 Å². The van der Waals surface area contributed by atoms with Crippen LogP contribution in [0.2, 0.25) is 0 Å². The zero-order valence-electron chi connectivity index (χ0n) is 9.47. The molecule has 13 heavy (non-hydrogen) atoms. The van der Waals surface area contributed by atoms with E-state index in [4.69, 9.17) is 0 Å². The highest BCUT2D eigenvalue weighted by Gasteiger charge is 2.51. The minimum absolute atomic E-state index is 0.791. The Morgan fingerprint density at radius 3 is 2.15 bits per heavy atom. The first-order valence-electron chi connectivity index (χ1n) is 6.20. The maximum Gasteiger partial charge on any atom is -0.0243 e. The SMILES string of the molecule is CCC1CCC1C1(C(C)C)CCC1. The minimum Gasteiger partial charge on any atom is -0.0651 e. The molecule has 2 aliphatic rings. The van der Waals surface area contributed by atoms with Crippen molar-refractivity contribution in [3.8, 4) is 0 Å². The first-order chi connectivity index (χ1) is 6.20. The number of rotatable bonds is 3. The topological polar surface area (TPSA) is 0 Å². The van der Waals surface area contributed by atoms with Gasteiger partial charge in [-0.3, -0.25) is 0 Å². The molecule has 2 fully saturated rings. The second-order valence-corrected chi connectivity index (χ2v) is 5.59. The summed E-state index contributed by atoms with van der Waals surface area (Å²) in [4.78, 5) is 0. The standard InChI is InChI=1S/C13H24/c1-4-11-6-7-12(11)13(10(2)3)8-5-9-13/h10-12H,4-9H2,1-3H3. The van der Waals surface area contributed by atoms with E-state index in [1.54, 1.807) is 0 Å². The fraction of sp³-hybridized carbons (Fsp3) is 1.00. The Labute approximate surface area is 83.1 Å². The van der Waals surface area contributed by atoms with E-state index < -0.39 is 0 Å². The van der Waals surface area contributed by atoms with Crippen molar-refractivity contribution in [2.45, 2.75) is 59.3 Å². The Kier molecular flexibility index (Phi) is 2.42. The zero-order valence-corrected chi connectivity index (χ0v) is 9.47. The van der Waals surface area contributed by atoms with Gasteiger partial charge in [0.25, 0.3) is 0 Å². The normalized spacial score (nSPS) is 36.9. The van der Waals surface area contributed by atoms with E-state index in [2.05, 4.69) is 20.8 Å². The van der Waals surface area contributed by atoms with Crippen molar-refractivity contribution >= 4 is 0 Å². The van der Waals surface area contributed by atoms with Crippen molar-refractivity contribution in [1.29, 1.82) is 0 Å². The van der Waals surface area contributed by atoms with Gasteiger partial charge < -0.3 is 0 Å². The molecule has 0 saturated heterocycles. The lowest BCUT2D eigenvalue weighted by atomic mass is 9.47. The molecule has 2 unspecified atom stereocenters. The largest absolute Gasteiger partial charge is 0.0651 e. The van der Waals surface area contributed by atoms with Crippen molar-refractivity contribution in [3.05, 3.63) is 0 Å². The van der Waals surface area contributed by atoms with Crippen molar-refractivity contribution in [1.82, 2.24) is 0 Å². The van der Waals surface area contributed by atoms with Gasteiger partial charge in [-0.05, 0) is 48.9 Å². The van der Waals surface area contributed by atoms with Crippen molar-refractivity contribution < 1.29 is 0 Å². The van der Waals surface area contributed by atoms with Gasteiger partial charge in [-0.15, -0.1) is 0 Å². The van der Waals surface area contributed by atoms with Crippen LogP contribution in [0.25, 0.3) is 0 Å². The summed E-state index contributed by atoms with van der Waals surface area (Å²) < 4.78 is 0. The third-order valence-electron chi connectivity index (χ3n) is 5.11. The van der Waals surface area contributed by atoms with E-state index in [9.17, 15) is 0 Å². The van der Waals surface area contributed by atoms with Crippen LogP contribution >= 0.6 is 0 Å². The summed E-state index contributed by atoms with van der Waals surface area (Å²) in [5.74, 6) is 3.12. The van der Waals surface area contributed by atoms with E-state index in [-0.39, 0.29) is 0 Å². The molecule has 0 nitrogen and oxygen atoms in total. The van der Waals surface area contributed by atoms with Crippen LogP contribution in [-0.4, -0.2) is 0 Å². The third-order valence-corrected chi connectivity index (χ3v) is 5.11. The van der Waals surface area contributed by atoms with Gasteiger partial charge in [0.2, 0.25) is 0 Å². The van der Waals surface area contributed by atoms with Gasteiger partial charge in [-0.1, -0.05) is 33.6 Å². The summed E-state index contributed by atoms with van der Waals surface area (Å²) in [6, 6.07) is 0. The van der Waals surface area contributed by atoms with E-state index in [1.807, 2.05) is 0 Å². The second-order valence-electron chi connectivity index (χ2n) is 5.59. The van der Waals surface area contributed by atoms with Gasteiger partial charge in [-0.2, -0.15) is 0 Å². The molecule has 2 saturated carbocycles. The first-order valence-corrected chi connectivity index (χ1v) is 6.20. The average Bonchev–Trinajstić information content (AvgIpc) is 1.94.